The van der Waals surface area contributed by atoms with Crippen LogP contribution < -0.4 is 0 Å². The highest BCUT2D eigenvalue weighted by Gasteiger charge is 2.26. The maximum Gasteiger partial charge on any atom is 0.389 e. The molecule has 0 aliphatic carbocycles. The molecule has 0 saturated heterocycles. The van der Waals surface area contributed by atoms with Crippen molar-refractivity contribution in [3.05, 3.63) is 29.6 Å². The van der Waals surface area contributed by atoms with Gasteiger partial charge in [0.15, 0.2) is 5.78 Å². The zero-order valence-electron chi connectivity index (χ0n) is 8.14. The van der Waals surface area contributed by atoms with Crippen LogP contribution in [0.5, 0.6) is 0 Å². The number of pyridine rings is 1. The van der Waals surface area contributed by atoms with Crippen molar-refractivity contribution in [2.45, 2.75) is 25.9 Å². The van der Waals surface area contributed by atoms with Crippen molar-refractivity contribution >= 4 is 5.78 Å². The molecule has 5 heteroatoms. The number of Topliss-reactive ketones (excluding diaryl/α,β-unsaturated/α-hetero) is 1. The van der Waals surface area contributed by atoms with Gasteiger partial charge in [0, 0.05) is 23.9 Å². The summed E-state index contributed by atoms with van der Waals surface area (Å²) in [6, 6.07) is 2.93. The van der Waals surface area contributed by atoms with E-state index in [1.54, 1.807) is 0 Å². The molecule has 1 aromatic rings. The van der Waals surface area contributed by atoms with Gasteiger partial charge in [0.05, 0.1) is 0 Å². The molecular formula is C10H10F3NO. The molecule has 1 rings (SSSR count). The van der Waals surface area contributed by atoms with E-state index in [4.69, 9.17) is 0 Å². The van der Waals surface area contributed by atoms with Crippen LogP contribution in [0.15, 0.2) is 18.3 Å². The molecule has 0 atom stereocenters. The van der Waals surface area contributed by atoms with Gasteiger partial charge < -0.3 is 0 Å². The summed E-state index contributed by atoms with van der Waals surface area (Å²) in [7, 11) is 0. The second kappa shape index (κ2) is 4.42. The van der Waals surface area contributed by atoms with E-state index < -0.39 is 12.6 Å². The van der Waals surface area contributed by atoms with Gasteiger partial charge in [-0.15, -0.1) is 0 Å². The summed E-state index contributed by atoms with van der Waals surface area (Å²) in [6.07, 6.45) is -3.91. The van der Waals surface area contributed by atoms with Crippen LogP contribution >= 0.6 is 0 Å². The number of aromatic nitrogens is 1. The molecule has 15 heavy (non-hydrogen) atoms. The summed E-state index contributed by atoms with van der Waals surface area (Å²) in [6.45, 7) is 1.38. The highest BCUT2D eigenvalue weighted by atomic mass is 19.4. The van der Waals surface area contributed by atoms with E-state index in [9.17, 15) is 18.0 Å². The second-order valence-corrected chi connectivity index (χ2v) is 3.21. The topological polar surface area (TPSA) is 30.0 Å². The van der Waals surface area contributed by atoms with Crippen LogP contribution in [-0.2, 0) is 6.42 Å². The second-order valence-electron chi connectivity index (χ2n) is 3.21. The quantitative estimate of drug-likeness (QED) is 0.728. The number of halogens is 3. The Balaban J connectivity index is 2.61. The fraction of sp³-hybridized carbons (Fsp3) is 0.400. The van der Waals surface area contributed by atoms with Gasteiger partial charge in [0.25, 0.3) is 0 Å². The van der Waals surface area contributed by atoms with Crippen LogP contribution in [0.2, 0.25) is 0 Å². The zero-order chi connectivity index (χ0) is 11.5. The minimum absolute atomic E-state index is 0.148. The lowest BCUT2D eigenvalue weighted by molar-refractivity contribution is -0.134. The third kappa shape index (κ3) is 4.10. The number of carbonyl (C=O) groups excluding carboxylic acids is 1. The Labute approximate surface area is 85.1 Å². The van der Waals surface area contributed by atoms with Crippen molar-refractivity contribution < 1.29 is 18.0 Å². The molecule has 1 aromatic heterocycles. The van der Waals surface area contributed by atoms with E-state index in [1.165, 1.54) is 25.3 Å². The van der Waals surface area contributed by atoms with Crippen LogP contribution in [0.3, 0.4) is 0 Å². The summed E-state index contributed by atoms with van der Waals surface area (Å²) in [5, 5.41) is 0. The number of hydrogen-bond acceptors (Lipinski definition) is 2. The number of ketones is 1. The molecule has 2 nitrogen and oxygen atoms in total. The van der Waals surface area contributed by atoms with Crippen LogP contribution in [0.1, 0.15) is 29.4 Å². The van der Waals surface area contributed by atoms with Gasteiger partial charge in [-0.2, -0.15) is 13.2 Å². The van der Waals surface area contributed by atoms with Gasteiger partial charge in [0.2, 0.25) is 0 Å². The number of rotatable bonds is 3. The van der Waals surface area contributed by atoms with Crippen molar-refractivity contribution in [3.8, 4) is 0 Å². The molecule has 0 fully saturated rings. The Kier molecular flexibility index (Phi) is 3.44. The largest absolute Gasteiger partial charge is 0.389 e. The minimum atomic E-state index is -4.17. The summed E-state index contributed by atoms with van der Waals surface area (Å²) < 4.78 is 35.6. The average molecular weight is 217 g/mol. The highest BCUT2D eigenvalue weighted by Crippen LogP contribution is 2.21. The molecule has 0 aliphatic rings. The molecule has 0 aromatic carbocycles. The third-order valence-electron chi connectivity index (χ3n) is 1.90. The van der Waals surface area contributed by atoms with E-state index in [0.29, 0.717) is 11.3 Å². The maximum absolute atomic E-state index is 11.9. The van der Waals surface area contributed by atoms with Crippen LogP contribution in [-0.4, -0.2) is 16.9 Å². The maximum atomic E-state index is 11.9. The molecule has 0 N–H and O–H groups in total. The summed E-state index contributed by atoms with van der Waals surface area (Å²) in [5.74, 6) is -0.148. The number of carbonyl (C=O) groups is 1. The number of nitrogens with zero attached hydrogens (tertiary/aromatic N) is 1. The normalized spacial score (nSPS) is 11.5. The Hall–Kier alpha value is -1.39. The van der Waals surface area contributed by atoms with E-state index in [2.05, 4.69) is 4.98 Å². The van der Waals surface area contributed by atoms with Gasteiger partial charge in [0.1, 0.15) is 0 Å². The van der Waals surface area contributed by atoms with Crippen LogP contribution in [0.25, 0.3) is 0 Å². The molecule has 0 amide bonds. The standard InChI is InChI=1S/C10H10F3NO/c1-7(15)8-2-3-9(14-6-8)4-5-10(11,12)13/h2-3,6H,4-5H2,1H3. The van der Waals surface area contributed by atoms with Gasteiger partial charge in [-0.05, 0) is 25.5 Å². The van der Waals surface area contributed by atoms with Crippen LogP contribution in [0.4, 0.5) is 13.2 Å². The molecule has 0 saturated carbocycles. The van der Waals surface area contributed by atoms with E-state index >= 15 is 0 Å². The Morgan fingerprint density at radius 1 is 1.40 bits per heavy atom. The first-order chi connectivity index (χ1) is 6.88. The van der Waals surface area contributed by atoms with Crippen molar-refractivity contribution in [1.82, 2.24) is 4.98 Å². The predicted octanol–water partition coefficient (Wildman–Crippen LogP) is 2.78. The smallest absolute Gasteiger partial charge is 0.294 e. The third-order valence-corrected chi connectivity index (χ3v) is 1.90. The van der Waals surface area contributed by atoms with Crippen molar-refractivity contribution in [2.75, 3.05) is 0 Å². The summed E-state index contributed by atoms with van der Waals surface area (Å²) in [5.41, 5.74) is 0.753. The fourth-order valence-corrected chi connectivity index (χ4v) is 1.05. The van der Waals surface area contributed by atoms with E-state index in [0.717, 1.165) is 0 Å². The van der Waals surface area contributed by atoms with Crippen molar-refractivity contribution in [2.24, 2.45) is 0 Å². The first-order valence-corrected chi connectivity index (χ1v) is 4.41. The lowest BCUT2D eigenvalue weighted by atomic mass is 10.1. The Bertz CT molecular complexity index is 343. The molecular weight excluding hydrogens is 207 g/mol. The first kappa shape index (κ1) is 11.7. The van der Waals surface area contributed by atoms with E-state index in [-0.39, 0.29) is 12.2 Å². The van der Waals surface area contributed by atoms with Crippen molar-refractivity contribution in [3.63, 3.8) is 0 Å². The van der Waals surface area contributed by atoms with Crippen molar-refractivity contribution in [1.29, 1.82) is 0 Å². The number of aryl methyl sites for hydroxylation is 1. The molecule has 0 bridgehead atoms. The average Bonchev–Trinajstić information content (AvgIpc) is 2.14. The monoisotopic (exact) mass is 217 g/mol. The molecule has 1 heterocycles. The summed E-state index contributed by atoms with van der Waals surface area (Å²) in [4.78, 5) is 14.6. The van der Waals surface area contributed by atoms with Gasteiger partial charge in [-0.1, -0.05) is 0 Å². The van der Waals surface area contributed by atoms with Gasteiger partial charge in [-0.3, -0.25) is 9.78 Å². The van der Waals surface area contributed by atoms with Gasteiger partial charge >= 0.3 is 6.18 Å². The molecule has 0 aliphatic heterocycles. The lowest BCUT2D eigenvalue weighted by Crippen LogP contribution is -2.09. The minimum Gasteiger partial charge on any atom is -0.294 e. The van der Waals surface area contributed by atoms with Crippen LogP contribution in [0, 0.1) is 0 Å². The van der Waals surface area contributed by atoms with Gasteiger partial charge in [-0.25, -0.2) is 0 Å². The lowest BCUT2D eigenvalue weighted by Gasteiger charge is -2.05. The molecule has 0 spiro atoms. The zero-order valence-corrected chi connectivity index (χ0v) is 8.14. The Morgan fingerprint density at radius 2 is 2.07 bits per heavy atom. The highest BCUT2D eigenvalue weighted by molar-refractivity contribution is 5.93. The predicted molar refractivity (Wildman–Crippen MR) is 48.6 cm³/mol. The molecule has 82 valence electrons. The molecule has 0 unspecified atom stereocenters. The fourth-order valence-electron chi connectivity index (χ4n) is 1.05. The summed E-state index contributed by atoms with van der Waals surface area (Å²) >= 11 is 0. The number of alkyl halides is 3. The molecule has 0 radical (unpaired) electrons. The Morgan fingerprint density at radius 3 is 2.47 bits per heavy atom. The SMILES string of the molecule is CC(=O)c1ccc(CCC(F)(F)F)nc1. The number of hydrogen-bond donors (Lipinski definition) is 0. The van der Waals surface area contributed by atoms with E-state index in [1.807, 2.05) is 0 Å². The first-order valence-electron chi connectivity index (χ1n) is 4.41.